The Morgan fingerprint density at radius 3 is 2.68 bits per heavy atom. The van der Waals surface area contributed by atoms with E-state index >= 15 is 0 Å². The predicted octanol–water partition coefficient (Wildman–Crippen LogP) is 4.04. The van der Waals surface area contributed by atoms with Crippen LogP contribution in [0.15, 0.2) is 29.4 Å². The maximum atomic E-state index is 14.8. The number of nitrogens with one attached hydrogen (secondary N) is 1. The monoisotopic (exact) mass is 447 g/mol. The van der Waals surface area contributed by atoms with Gasteiger partial charge in [-0.2, -0.15) is 5.26 Å². The summed E-state index contributed by atoms with van der Waals surface area (Å²) in [7, 11) is 0. The van der Waals surface area contributed by atoms with E-state index in [9.17, 15) is 18.0 Å². The lowest BCUT2D eigenvalue weighted by atomic mass is 9.78. The molecule has 0 fully saturated rings. The Hall–Kier alpha value is -3.06. The first-order valence-electron chi connectivity index (χ1n) is 9.38. The molecule has 3 atom stereocenters. The van der Waals surface area contributed by atoms with Gasteiger partial charge in [0.25, 0.3) is 5.91 Å². The van der Waals surface area contributed by atoms with Gasteiger partial charge in [-0.25, -0.2) is 23.1 Å². The zero-order valence-electron chi connectivity index (χ0n) is 17.0. The fourth-order valence-corrected chi connectivity index (χ4v) is 4.60. The zero-order chi connectivity index (χ0) is 22.9. The summed E-state index contributed by atoms with van der Waals surface area (Å²) >= 11 is 1.23. The highest BCUT2D eigenvalue weighted by Crippen LogP contribution is 2.45. The third-order valence-electron chi connectivity index (χ3n) is 5.45. The third kappa shape index (κ3) is 4.10. The molecule has 10 heteroatoms. The van der Waals surface area contributed by atoms with Crippen LogP contribution in [-0.2, 0) is 5.54 Å². The van der Waals surface area contributed by atoms with Crippen LogP contribution in [0.4, 0.5) is 18.9 Å². The standard InChI is InChI=1S/C21H20F3N5OS/c1-10-4-13(7-25)8-27-18(10)19(30)28-14-5-15(17(24)16(23)6-14)21(9-22)11(2)12(3)31-20(26)29-21/h4-6,8,11-12H,9H2,1-3H3,(H2,26,29)(H,28,30)/t11-,12+,21+/m1/s1. The molecule has 2 aromatic rings. The van der Waals surface area contributed by atoms with E-state index in [2.05, 4.69) is 15.3 Å². The Morgan fingerprint density at radius 1 is 1.35 bits per heavy atom. The van der Waals surface area contributed by atoms with Crippen molar-refractivity contribution in [2.75, 3.05) is 12.0 Å². The summed E-state index contributed by atoms with van der Waals surface area (Å²) in [6.07, 6.45) is 1.23. The lowest BCUT2D eigenvalue weighted by Gasteiger charge is -2.40. The number of thioether (sulfide) groups is 1. The van der Waals surface area contributed by atoms with E-state index in [-0.39, 0.29) is 32.9 Å². The SMILES string of the molecule is Cc1cc(C#N)cnc1C(=O)Nc1cc(F)c(F)c([C@@]2(CF)N=C(N)S[C@@H](C)[C@H]2C)c1. The van der Waals surface area contributed by atoms with Crippen LogP contribution in [0.3, 0.4) is 0 Å². The van der Waals surface area contributed by atoms with Crippen molar-refractivity contribution in [1.29, 1.82) is 5.26 Å². The van der Waals surface area contributed by atoms with Crippen molar-refractivity contribution >= 4 is 28.5 Å². The van der Waals surface area contributed by atoms with E-state index in [1.54, 1.807) is 20.8 Å². The van der Waals surface area contributed by atoms with Crippen LogP contribution in [0.1, 0.15) is 41.0 Å². The largest absolute Gasteiger partial charge is 0.379 e. The molecule has 0 radical (unpaired) electrons. The molecule has 162 valence electrons. The number of halogens is 3. The molecule has 1 aromatic heterocycles. The van der Waals surface area contributed by atoms with Crippen LogP contribution in [-0.4, -0.2) is 28.0 Å². The van der Waals surface area contributed by atoms with Gasteiger partial charge in [-0.15, -0.1) is 0 Å². The van der Waals surface area contributed by atoms with Gasteiger partial charge < -0.3 is 11.1 Å². The number of nitrogens with two attached hydrogens (primary N) is 1. The van der Waals surface area contributed by atoms with Crippen LogP contribution in [0.25, 0.3) is 0 Å². The molecule has 0 saturated heterocycles. The summed E-state index contributed by atoms with van der Waals surface area (Å²) in [6.45, 7) is 4.00. The first-order valence-corrected chi connectivity index (χ1v) is 10.3. The summed E-state index contributed by atoms with van der Waals surface area (Å²) in [6, 6.07) is 5.38. The average molecular weight is 447 g/mol. The van der Waals surface area contributed by atoms with Gasteiger partial charge >= 0.3 is 0 Å². The summed E-state index contributed by atoms with van der Waals surface area (Å²) in [5.74, 6) is -3.68. The van der Waals surface area contributed by atoms with Crippen molar-refractivity contribution in [2.45, 2.75) is 31.6 Å². The highest BCUT2D eigenvalue weighted by Gasteiger charge is 2.46. The molecule has 1 aliphatic heterocycles. The maximum Gasteiger partial charge on any atom is 0.274 e. The van der Waals surface area contributed by atoms with E-state index in [1.165, 1.54) is 30.1 Å². The fraction of sp³-hybridized carbons (Fsp3) is 0.333. The number of alkyl halides is 1. The second kappa shape index (κ2) is 8.59. The molecule has 3 rings (SSSR count). The number of aromatic nitrogens is 1. The van der Waals surface area contributed by atoms with Crippen molar-refractivity contribution < 1.29 is 18.0 Å². The first-order chi connectivity index (χ1) is 14.6. The Bertz CT molecular complexity index is 1120. The van der Waals surface area contributed by atoms with Crippen LogP contribution in [0.5, 0.6) is 0 Å². The Morgan fingerprint density at radius 2 is 2.06 bits per heavy atom. The molecule has 2 heterocycles. The average Bonchev–Trinajstić information content (AvgIpc) is 2.73. The van der Waals surface area contributed by atoms with Gasteiger partial charge in [-0.05, 0) is 24.6 Å². The number of carbonyl (C=O) groups excluding carboxylic acids is 1. The van der Waals surface area contributed by atoms with Gasteiger partial charge in [-0.1, -0.05) is 25.6 Å². The first kappa shape index (κ1) is 22.6. The second-order valence-corrected chi connectivity index (χ2v) is 8.79. The van der Waals surface area contributed by atoms with Crippen LogP contribution in [0.2, 0.25) is 0 Å². The minimum absolute atomic E-state index is 0.0174. The normalized spacial score (nSPS) is 23.1. The Kier molecular flexibility index (Phi) is 6.27. The second-order valence-electron chi connectivity index (χ2n) is 7.39. The van der Waals surface area contributed by atoms with E-state index in [0.717, 1.165) is 6.07 Å². The fourth-order valence-electron chi connectivity index (χ4n) is 3.57. The Balaban J connectivity index is 2.05. The number of rotatable bonds is 4. The number of amidine groups is 1. The molecule has 1 aliphatic rings. The summed E-state index contributed by atoms with van der Waals surface area (Å²) in [5.41, 5.74) is 4.44. The lowest BCUT2D eigenvalue weighted by molar-refractivity contribution is 0.102. The van der Waals surface area contributed by atoms with E-state index in [0.29, 0.717) is 5.56 Å². The number of hydrogen-bond donors (Lipinski definition) is 2. The molecule has 1 amide bonds. The maximum absolute atomic E-state index is 14.8. The number of hydrogen-bond acceptors (Lipinski definition) is 6. The smallest absolute Gasteiger partial charge is 0.274 e. The lowest BCUT2D eigenvalue weighted by Crippen LogP contribution is -2.45. The van der Waals surface area contributed by atoms with Gasteiger partial charge in [0.15, 0.2) is 16.8 Å². The summed E-state index contributed by atoms with van der Waals surface area (Å²) < 4.78 is 43.6. The number of nitrogens with zero attached hydrogens (tertiary/aromatic N) is 3. The number of benzene rings is 1. The highest BCUT2D eigenvalue weighted by molar-refractivity contribution is 8.14. The number of nitriles is 1. The number of aryl methyl sites for hydroxylation is 1. The third-order valence-corrected chi connectivity index (χ3v) is 6.57. The van der Waals surface area contributed by atoms with E-state index in [1.807, 2.05) is 6.07 Å². The quantitative estimate of drug-likeness (QED) is 0.736. The van der Waals surface area contributed by atoms with Crippen molar-refractivity contribution in [1.82, 2.24) is 4.98 Å². The van der Waals surface area contributed by atoms with E-state index < -0.39 is 35.7 Å². The Labute approximate surface area is 181 Å². The number of anilines is 1. The number of aliphatic imine (C=N–C) groups is 1. The molecule has 0 bridgehead atoms. The van der Waals surface area contributed by atoms with Gasteiger partial charge in [0.2, 0.25) is 0 Å². The van der Waals surface area contributed by atoms with Crippen molar-refractivity contribution in [2.24, 2.45) is 16.6 Å². The predicted molar refractivity (Wildman–Crippen MR) is 113 cm³/mol. The van der Waals surface area contributed by atoms with E-state index in [4.69, 9.17) is 11.0 Å². The van der Waals surface area contributed by atoms with Gasteiger partial charge in [0, 0.05) is 34.7 Å². The minimum Gasteiger partial charge on any atom is -0.379 e. The van der Waals surface area contributed by atoms with Crippen LogP contribution < -0.4 is 11.1 Å². The van der Waals surface area contributed by atoms with Crippen LogP contribution in [0, 0.1) is 35.8 Å². The summed E-state index contributed by atoms with van der Waals surface area (Å²) in [5, 5.41) is 11.3. The number of carbonyl (C=O) groups is 1. The minimum atomic E-state index is -1.72. The highest BCUT2D eigenvalue weighted by atomic mass is 32.2. The van der Waals surface area contributed by atoms with Gasteiger partial charge in [0.1, 0.15) is 24.0 Å². The molecule has 1 aromatic carbocycles. The molecular formula is C21H20F3N5OS. The molecule has 31 heavy (non-hydrogen) atoms. The zero-order valence-corrected chi connectivity index (χ0v) is 17.9. The number of amides is 1. The molecule has 0 saturated carbocycles. The molecule has 0 spiro atoms. The van der Waals surface area contributed by atoms with Crippen molar-refractivity contribution in [3.63, 3.8) is 0 Å². The summed E-state index contributed by atoms with van der Waals surface area (Å²) in [4.78, 5) is 20.8. The van der Waals surface area contributed by atoms with Gasteiger partial charge in [-0.3, -0.25) is 4.79 Å². The molecule has 0 unspecified atom stereocenters. The molecule has 6 nitrogen and oxygen atoms in total. The molecular weight excluding hydrogens is 427 g/mol. The topological polar surface area (TPSA) is 104 Å². The van der Waals surface area contributed by atoms with Crippen molar-refractivity contribution in [3.8, 4) is 6.07 Å². The molecule has 3 N–H and O–H groups in total. The van der Waals surface area contributed by atoms with Crippen molar-refractivity contribution in [3.05, 3.63) is 58.4 Å². The number of pyridine rings is 1. The molecule has 0 aliphatic carbocycles. The van der Waals surface area contributed by atoms with Crippen LogP contribution >= 0.6 is 11.8 Å². The van der Waals surface area contributed by atoms with Gasteiger partial charge in [0.05, 0.1) is 5.56 Å².